The summed E-state index contributed by atoms with van der Waals surface area (Å²) in [4.78, 5) is 0. The van der Waals surface area contributed by atoms with Gasteiger partial charge in [-0.05, 0) is 31.4 Å². The minimum absolute atomic E-state index is 0.956. The van der Waals surface area contributed by atoms with Crippen molar-refractivity contribution in [2.24, 2.45) is 5.92 Å². The predicted molar refractivity (Wildman–Crippen MR) is 52.5 cm³/mol. The quantitative estimate of drug-likeness (QED) is 0.750. The van der Waals surface area contributed by atoms with Gasteiger partial charge >= 0.3 is 0 Å². The van der Waals surface area contributed by atoms with Crippen LogP contribution in [0, 0.1) is 5.92 Å². The molecule has 72 valence electrons. The van der Waals surface area contributed by atoms with Crippen LogP contribution in [0.25, 0.3) is 0 Å². The van der Waals surface area contributed by atoms with Gasteiger partial charge in [-0.2, -0.15) is 0 Å². The van der Waals surface area contributed by atoms with Crippen LogP contribution in [0.2, 0.25) is 0 Å². The number of hydrogen-bond donors (Lipinski definition) is 1. The lowest BCUT2D eigenvalue weighted by molar-refractivity contribution is 0.507. The number of nitrogens with one attached hydrogen (secondary N) is 1. The Labute approximate surface area is 79.3 Å². The summed E-state index contributed by atoms with van der Waals surface area (Å²) >= 11 is 0. The maximum Gasteiger partial charge on any atom is 0.107 e. The second kappa shape index (κ2) is 3.97. The molecule has 0 aliphatic heterocycles. The van der Waals surface area contributed by atoms with Crippen LogP contribution < -0.4 is 5.32 Å². The van der Waals surface area contributed by atoms with Crippen LogP contribution in [0.4, 0.5) is 0 Å². The standard InChI is InChI=1S/C11H17NO/c1-2-11-10(5-6-13-11)8-12-7-9-3-4-9/h5-6,9,12H,2-4,7-8H2,1H3. The highest BCUT2D eigenvalue weighted by Crippen LogP contribution is 2.27. The minimum atomic E-state index is 0.956. The van der Waals surface area contributed by atoms with Crippen molar-refractivity contribution < 1.29 is 4.42 Å². The molecule has 0 atom stereocenters. The molecule has 1 N–H and O–H groups in total. The normalized spacial score (nSPS) is 16.4. The van der Waals surface area contributed by atoms with Crippen LogP contribution in [0.5, 0.6) is 0 Å². The highest BCUT2D eigenvalue weighted by molar-refractivity contribution is 5.16. The van der Waals surface area contributed by atoms with Crippen LogP contribution in [0.15, 0.2) is 16.7 Å². The van der Waals surface area contributed by atoms with Crippen molar-refractivity contribution in [3.8, 4) is 0 Å². The first-order valence-corrected chi connectivity index (χ1v) is 5.16. The molecule has 1 fully saturated rings. The molecule has 13 heavy (non-hydrogen) atoms. The smallest absolute Gasteiger partial charge is 0.107 e. The molecule has 1 heterocycles. The molecule has 0 saturated heterocycles. The lowest BCUT2D eigenvalue weighted by atomic mass is 10.2. The Kier molecular flexibility index (Phi) is 2.69. The zero-order chi connectivity index (χ0) is 9.10. The van der Waals surface area contributed by atoms with E-state index in [0.717, 1.165) is 24.6 Å². The first kappa shape index (κ1) is 8.82. The van der Waals surface area contributed by atoms with Gasteiger partial charge < -0.3 is 9.73 Å². The van der Waals surface area contributed by atoms with Gasteiger partial charge in [0.2, 0.25) is 0 Å². The molecule has 1 aromatic heterocycles. The molecule has 2 nitrogen and oxygen atoms in total. The Bertz CT molecular complexity index is 263. The summed E-state index contributed by atoms with van der Waals surface area (Å²) < 4.78 is 5.35. The van der Waals surface area contributed by atoms with E-state index in [4.69, 9.17) is 4.42 Å². The first-order valence-electron chi connectivity index (χ1n) is 5.16. The fourth-order valence-corrected chi connectivity index (χ4v) is 1.57. The molecule has 0 unspecified atom stereocenters. The molecular formula is C11H17NO. The third-order valence-corrected chi connectivity index (χ3v) is 2.60. The molecular weight excluding hydrogens is 162 g/mol. The van der Waals surface area contributed by atoms with E-state index in [-0.39, 0.29) is 0 Å². The van der Waals surface area contributed by atoms with Gasteiger partial charge in [-0.1, -0.05) is 6.92 Å². The maximum atomic E-state index is 5.35. The fraction of sp³-hybridized carbons (Fsp3) is 0.636. The summed E-state index contributed by atoms with van der Waals surface area (Å²) in [5.41, 5.74) is 1.32. The molecule has 1 aliphatic carbocycles. The van der Waals surface area contributed by atoms with Gasteiger partial charge in [-0.25, -0.2) is 0 Å². The maximum absolute atomic E-state index is 5.35. The molecule has 0 spiro atoms. The largest absolute Gasteiger partial charge is 0.469 e. The molecule has 1 aromatic rings. The third kappa shape index (κ3) is 2.34. The summed E-state index contributed by atoms with van der Waals surface area (Å²) in [6.45, 7) is 4.27. The Balaban J connectivity index is 1.78. The van der Waals surface area contributed by atoms with E-state index in [2.05, 4.69) is 18.3 Å². The summed E-state index contributed by atoms with van der Waals surface area (Å²) in [7, 11) is 0. The molecule has 0 aromatic carbocycles. The van der Waals surface area contributed by atoms with Crippen LogP contribution in [0.3, 0.4) is 0 Å². The highest BCUT2D eigenvalue weighted by atomic mass is 16.3. The van der Waals surface area contributed by atoms with E-state index >= 15 is 0 Å². The first-order chi connectivity index (χ1) is 6.40. The molecule has 0 bridgehead atoms. The van der Waals surface area contributed by atoms with Crippen molar-refractivity contribution >= 4 is 0 Å². The number of rotatable bonds is 5. The lowest BCUT2D eigenvalue weighted by Gasteiger charge is -2.02. The SMILES string of the molecule is CCc1occc1CNCC1CC1. The number of hydrogen-bond acceptors (Lipinski definition) is 2. The van der Waals surface area contributed by atoms with Crippen LogP contribution in [-0.4, -0.2) is 6.54 Å². The van der Waals surface area contributed by atoms with Gasteiger partial charge in [0.25, 0.3) is 0 Å². The van der Waals surface area contributed by atoms with E-state index in [9.17, 15) is 0 Å². The summed E-state index contributed by atoms with van der Waals surface area (Å²) in [6.07, 6.45) is 5.61. The average molecular weight is 179 g/mol. The fourth-order valence-electron chi connectivity index (χ4n) is 1.57. The van der Waals surface area contributed by atoms with E-state index < -0.39 is 0 Å². The van der Waals surface area contributed by atoms with Gasteiger partial charge in [0.15, 0.2) is 0 Å². The van der Waals surface area contributed by atoms with E-state index in [1.54, 1.807) is 6.26 Å². The molecule has 1 aliphatic rings. The topological polar surface area (TPSA) is 25.2 Å². The Hall–Kier alpha value is -0.760. The second-order valence-corrected chi connectivity index (χ2v) is 3.80. The van der Waals surface area contributed by atoms with Crippen LogP contribution in [-0.2, 0) is 13.0 Å². The van der Waals surface area contributed by atoms with E-state index in [1.807, 2.05) is 0 Å². The predicted octanol–water partition coefficient (Wildman–Crippen LogP) is 2.34. The second-order valence-electron chi connectivity index (χ2n) is 3.80. The van der Waals surface area contributed by atoms with Crippen molar-refractivity contribution in [2.45, 2.75) is 32.7 Å². The summed E-state index contributed by atoms with van der Waals surface area (Å²) in [6, 6.07) is 2.07. The van der Waals surface area contributed by atoms with E-state index in [0.29, 0.717) is 0 Å². The van der Waals surface area contributed by atoms with Gasteiger partial charge in [-0.3, -0.25) is 0 Å². The Morgan fingerprint density at radius 1 is 1.54 bits per heavy atom. The van der Waals surface area contributed by atoms with Crippen LogP contribution in [0.1, 0.15) is 31.1 Å². The van der Waals surface area contributed by atoms with Crippen molar-refractivity contribution in [2.75, 3.05) is 6.54 Å². The van der Waals surface area contributed by atoms with Gasteiger partial charge in [0.05, 0.1) is 6.26 Å². The number of furan rings is 1. The third-order valence-electron chi connectivity index (χ3n) is 2.60. The highest BCUT2D eigenvalue weighted by Gasteiger charge is 2.20. The summed E-state index contributed by atoms with van der Waals surface area (Å²) in [5, 5.41) is 3.46. The Morgan fingerprint density at radius 3 is 3.08 bits per heavy atom. The van der Waals surface area contributed by atoms with Crippen molar-refractivity contribution in [1.29, 1.82) is 0 Å². The zero-order valence-electron chi connectivity index (χ0n) is 8.18. The number of aryl methyl sites for hydroxylation is 1. The zero-order valence-corrected chi connectivity index (χ0v) is 8.18. The Morgan fingerprint density at radius 2 is 2.38 bits per heavy atom. The van der Waals surface area contributed by atoms with Gasteiger partial charge in [-0.15, -0.1) is 0 Å². The van der Waals surface area contributed by atoms with Crippen molar-refractivity contribution in [3.05, 3.63) is 23.7 Å². The van der Waals surface area contributed by atoms with Crippen molar-refractivity contribution in [1.82, 2.24) is 5.32 Å². The van der Waals surface area contributed by atoms with Crippen LogP contribution >= 0.6 is 0 Å². The molecule has 1 saturated carbocycles. The summed E-state index contributed by atoms with van der Waals surface area (Å²) in [5.74, 6) is 2.08. The molecule has 2 heteroatoms. The van der Waals surface area contributed by atoms with Gasteiger partial charge in [0, 0.05) is 18.5 Å². The molecule has 0 radical (unpaired) electrons. The van der Waals surface area contributed by atoms with E-state index in [1.165, 1.54) is 24.9 Å². The monoisotopic (exact) mass is 179 g/mol. The van der Waals surface area contributed by atoms with Crippen molar-refractivity contribution in [3.63, 3.8) is 0 Å². The minimum Gasteiger partial charge on any atom is -0.469 e. The average Bonchev–Trinajstić information content (AvgIpc) is 2.84. The lowest BCUT2D eigenvalue weighted by Crippen LogP contribution is -2.16. The molecule has 2 rings (SSSR count). The van der Waals surface area contributed by atoms with Gasteiger partial charge in [0.1, 0.15) is 5.76 Å². The molecule has 0 amide bonds.